The van der Waals surface area contributed by atoms with Gasteiger partial charge in [0.05, 0.1) is 12.8 Å². The van der Waals surface area contributed by atoms with E-state index in [4.69, 9.17) is 9.47 Å². The first kappa shape index (κ1) is 17.0. The van der Waals surface area contributed by atoms with Gasteiger partial charge in [0.25, 0.3) is 5.91 Å². The number of fused-ring (bicyclic) bond motifs is 1. The van der Waals surface area contributed by atoms with Gasteiger partial charge < -0.3 is 9.47 Å². The monoisotopic (exact) mass is 319 g/mol. The Morgan fingerprint density at radius 3 is 2.70 bits per heavy atom. The molecule has 0 aliphatic carbocycles. The smallest absolute Gasteiger partial charge is 0.328 e. The number of carbonyl (C=O) groups is 3. The molecule has 0 bridgehead atoms. The molecule has 1 aromatic carbocycles. The Morgan fingerprint density at radius 1 is 1.39 bits per heavy atom. The third-order valence-corrected chi connectivity index (χ3v) is 3.84. The fourth-order valence-electron chi connectivity index (χ4n) is 2.58. The van der Waals surface area contributed by atoms with Crippen LogP contribution >= 0.6 is 0 Å². The number of hydrogen-bond acceptors (Lipinski definition) is 5. The molecular weight excluding hydrogens is 298 g/mol. The molecule has 0 aromatic heterocycles. The lowest BCUT2D eigenvalue weighted by molar-refractivity contribution is -0.143. The Morgan fingerprint density at radius 2 is 2.09 bits per heavy atom. The van der Waals surface area contributed by atoms with Crippen molar-refractivity contribution < 1.29 is 23.9 Å². The highest BCUT2D eigenvalue weighted by molar-refractivity contribution is 6.06. The van der Waals surface area contributed by atoms with Gasteiger partial charge in [-0.3, -0.25) is 14.5 Å². The minimum atomic E-state index is -0.797. The summed E-state index contributed by atoms with van der Waals surface area (Å²) in [4.78, 5) is 37.8. The van der Waals surface area contributed by atoms with Crippen molar-refractivity contribution in [3.63, 3.8) is 0 Å². The Labute approximate surface area is 135 Å². The Hall–Kier alpha value is -2.37. The molecule has 1 amide bonds. The highest BCUT2D eigenvalue weighted by Crippen LogP contribution is 2.36. The number of ketones is 1. The fraction of sp³-hybridized carbons (Fsp3) is 0.471. The molecular formula is C17H21NO5. The molecule has 6 nitrogen and oxygen atoms in total. The number of benzene rings is 1. The van der Waals surface area contributed by atoms with E-state index in [1.165, 1.54) is 12.0 Å². The number of methoxy groups -OCH3 is 1. The second-order valence-electron chi connectivity index (χ2n) is 5.52. The summed E-state index contributed by atoms with van der Waals surface area (Å²) in [5.41, 5.74) is 0.923. The number of anilines is 1. The van der Waals surface area contributed by atoms with Crippen LogP contribution in [0.3, 0.4) is 0 Å². The third kappa shape index (κ3) is 3.21. The van der Waals surface area contributed by atoms with Crippen molar-refractivity contribution in [1.29, 1.82) is 0 Å². The lowest BCUT2D eigenvalue weighted by Crippen LogP contribution is -2.51. The van der Waals surface area contributed by atoms with E-state index in [9.17, 15) is 14.4 Å². The molecule has 2 atom stereocenters. The highest BCUT2D eigenvalue weighted by atomic mass is 16.5. The van der Waals surface area contributed by atoms with Crippen molar-refractivity contribution in [2.24, 2.45) is 0 Å². The summed E-state index contributed by atoms with van der Waals surface area (Å²) >= 11 is 0. The molecule has 23 heavy (non-hydrogen) atoms. The number of amides is 1. The van der Waals surface area contributed by atoms with E-state index in [0.29, 0.717) is 23.4 Å². The summed E-state index contributed by atoms with van der Waals surface area (Å²) in [5, 5.41) is 0. The highest BCUT2D eigenvalue weighted by Gasteiger charge is 2.37. The normalized spacial score (nSPS) is 18.0. The van der Waals surface area contributed by atoms with Gasteiger partial charge >= 0.3 is 5.97 Å². The van der Waals surface area contributed by atoms with Gasteiger partial charge in [-0.25, -0.2) is 4.79 Å². The minimum absolute atomic E-state index is 0.00737. The fourth-order valence-corrected chi connectivity index (χ4v) is 2.58. The summed E-state index contributed by atoms with van der Waals surface area (Å²) < 4.78 is 10.3. The van der Waals surface area contributed by atoms with E-state index in [2.05, 4.69) is 0 Å². The molecule has 124 valence electrons. The average Bonchev–Trinajstić information content (AvgIpc) is 2.54. The van der Waals surface area contributed by atoms with Gasteiger partial charge in [-0.2, -0.15) is 0 Å². The maximum atomic E-state index is 12.5. The quantitative estimate of drug-likeness (QED) is 0.615. The molecule has 1 heterocycles. The number of ether oxygens (including phenoxy) is 2. The van der Waals surface area contributed by atoms with E-state index < -0.39 is 18.1 Å². The number of carbonyl (C=O) groups excluding carboxylic acids is 3. The van der Waals surface area contributed by atoms with Crippen molar-refractivity contribution in [1.82, 2.24) is 0 Å². The molecule has 1 aromatic rings. The van der Waals surface area contributed by atoms with Gasteiger partial charge in [0.2, 0.25) is 0 Å². The van der Waals surface area contributed by atoms with Crippen LogP contribution in [0.15, 0.2) is 18.2 Å². The number of nitrogens with zero attached hydrogens (tertiary/aromatic N) is 1. The Balaban J connectivity index is 2.48. The van der Waals surface area contributed by atoms with Gasteiger partial charge in [-0.15, -0.1) is 0 Å². The first-order valence-electron chi connectivity index (χ1n) is 7.65. The number of rotatable bonds is 5. The molecule has 0 fully saturated rings. The summed E-state index contributed by atoms with van der Waals surface area (Å²) in [6.45, 7) is 5.14. The van der Waals surface area contributed by atoms with Crippen molar-refractivity contribution >= 4 is 23.3 Å². The molecule has 0 spiro atoms. The van der Waals surface area contributed by atoms with Gasteiger partial charge in [-0.1, -0.05) is 6.92 Å². The Bertz CT molecular complexity index is 640. The molecule has 0 saturated heterocycles. The van der Waals surface area contributed by atoms with Gasteiger partial charge in [0.15, 0.2) is 11.9 Å². The lowest BCUT2D eigenvalue weighted by Gasteiger charge is -2.35. The molecule has 1 aliphatic rings. The maximum absolute atomic E-state index is 12.5. The molecule has 1 aliphatic heterocycles. The van der Waals surface area contributed by atoms with E-state index in [1.54, 1.807) is 32.0 Å². The van der Waals surface area contributed by atoms with E-state index >= 15 is 0 Å². The average molecular weight is 319 g/mol. The van der Waals surface area contributed by atoms with Crippen molar-refractivity contribution in [2.45, 2.75) is 45.8 Å². The minimum Gasteiger partial charge on any atom is -0.479 e. The van der Waals surface area contributed by atoms with Crippen LogP contribution in [0.5, 0.6) is 5.75 Å². The first-order valence-corrected chi connectivity index (χ1v) is 7.65. The maximum Gasteiger partial charge on any atom is 0.328 e. The van der Waals surface area contributed by atoms with Gasteiger partial charge in [0, 0.05) is 12.0 Å². The van der Waals surface area contributed by atoms with Crippen molar-refractivity contribution in [2.75, 3.05) is 12.0 Å². The first-order chi connectivity index (χ1) is 10.9. The summed E-state index contributed by atoms with van der Waals surface area (Å²) in [6.07, 6.45) is 0.466. The number of Topliss-reactive ketones (excluding diaryl/α,β-unsaturated/α-hetero) is 1. The second kappa shape index (κ2) is 6.81. The lowest BCUT2D eigenvalue weighted by atomic mass is 10.0. The van der Waals surface area contributed by atoms with E-state index in [1.807, 2.05) is 6.92 Å². The van der Waals surface area contributed by atoms with Crippen molar-refractivity contribution in [3.05, 3.63) is 23.8 Å². The van der Waals surface area contributed by atoms with Gasteiger partial charge in [-0.05, 0) is 38.5 Å². The van der Waals surface area contributed by atoms with Crippen LogP contribution in [0.25, 0.3) is 0 Å². The topological polar surface area (TPSA) is 72.9 Å². The van der Waals surface area contributed by atoms with Crippen LogP contribution < -0.4 is 9.64 Å². The zero-order chi connectivity index (χ0) is 17.1. The zero-order valence-electron chi connectivity index (χ0n) is 13.8. The predicted octanol–water partition coefficient (Wildman–Crippen LogP) is 2.34. The van der Waals surface area contributed by atoms with Crippen LogP contribution in [0.1, 0.15) is 44.0 Å². The SMILES string of the molecule is CCCC(=O)c1ccc2c(c1)N(C(C)C(=O)OC)C(=O)C(C)O2. The third-order valence-electron chi connectivity index (χ3n) is 3.84. The molecule has 2 unspecified atom stereocenters. The molecule has 2 rings (SSSR count). The van der Waals surface area contributed by atoms with Crippen LogP contribution in [0, 0.1) is 0 Å². The molecule has 0 radical (unpaired) electrons. The van der Waals surface area contributed by atoms with Gasteiger partial charge in [0.1, 0.15) is 11.8 Å². The van der Waals surface area contributed by atoms with Crippen LogP contribution in [0.2, 0.25) is 0 Å². The molecule has 0 N–H and O–H groups in total. The van der Waals surface area contributed by atoms with Crippen LogP contribution in [-0.4, -0.2) is 36.9 Å². The van der Waals surface area contributed by atoms with Crippen LogP contribution in [-0.2, 0) is 14.3 Å². The van der Waals surface area contributed by atoms with Crippen molar-refractivity contribution in [3.8, 4) is 5.75 Å². The summed E-state index contributed by atoms with van der Waals surface area (Å²) in [6, 6.07) is 4.16. The standard InChI is InChI=1S/C17H21NO5/c1-5-6-14(19)12-7-8-15-13(9-12)18(10(2)17(21)22-4)16(20)11(3)23-15/h7-11H,5-6H2,1-4H3. The summed E-state index contributed by atoms with van der Waals surface area (Å²) in [7, 11) is 1.27. The Kier molecular flexibility index (Phi) is 5.03. The molecule has 0 saturated carbocycles. The van der Waals surface area contributed by atoms with Crippen LogP contribution in [0.4, 0.5) is 5.69 Å². The second-order valence-corrected chi connectivity index (χ2v) is 5.52. The number of hydrogen-bond donors (Lipinski definition) is 0. The largest absolute Gasteiger partial charge is 0.479 e. The van der Waals surface area contributed by atoms with E-state index in [-0.39, 0.29) is 11.7 Å². The molecule has 6 heteroatoms. The van der Waals surface area contributed by atoms with E-state index in [0.717, 1.165) is 6.42 Å². The number of esters is 1. The zero-order valence-corrected chi connectivity index (χ0v) is 13.8. The predicted molar refractivity (Wildman–Crippen MR) is 84.7 cm³/mol. The summed E-state index contributed by atoms with van der Waals surface area (Å²) in [5.74, 6) is -0.396.